The molecule has 1 saturated heterocycles. The maximum atomic E-state index is 8.74. The molecule has 0 aliphatic carbocycles. The van der Waals surface area contributed by atoms with Crippen LogP contribution in [0.5, 0.6) is 0 Å². The zero-order valence-electron chi connectivity index (χ0n) is 9.24. The van der Waals surface area contributed by atoms with E-state index in [-0.39, 0.29) is 5.92 Å². The van der Waals surface area contributed by atoms with Crippen molar-refractivity contribution in [3.63, 3.8) is 0 Å². The Morgan fingerprint density at radius 2 is 2.36 bits per heavy atom. The molecule has 3 nitrogen and oxygen atoms in total. The molecule has 3 unspecified atom stereocenters. The van der Waals surface area contributed by atoms with Crippen LogP contribution in [0.1, 0.15) is 26.7 Å². The van der Waals surface area contributed by atoms with Crippen LogP contribution in [0, 0.1) is 23.2 Å². The fourth-order valence-electron chi connectivity index (χ4n) is 2.15. The first kappa shape index (κ1) is 11.5. The van der Waals surface area contributed by atoms with Gasteiger partial charge in [-0.05, 0) is 25.8 Å². The molecule has 2 N–H and O–H groups in total. The number of nitrogens with zero attached hydrogens (tertiary/aromatic N) is 2. The molecule has 0 bridgehead atoms. The summed E-state index contributed by atoms with van der Waals surface area (Å²) in [5, 5.41) is 8.74. The summed E-state index contributed by atoms with van der Waals surface area (Å²) in [5.41, 5.74) is 6.02. The van der Waals surface area contributed by atoms with Crippen LogP contribution in [-0.4, -0.2) is 30.6 Å². The van der Waals surface area contributed by atoms with E-state index >= 15 is 0 Å². The van der Waals surface area contributed by atoms with Crippen LogP contribution in [0.4, 0.5) is 0 Å². The molecule has 1 heterocycles. The number of nitrogens with two attached hydrogens (primary N) is 1. The summed E-state index contributed by atoms with van der Waals surface area (Å²) in [6.45, 7) is 7.21. The third-order valence-electron chi connectivity index (χ3n) is 3.15. The summed E-state index contributed by atoms with van der Waals surface area (Å²) in [7, 11) is 0. The number of rotatable bonds is 3. The van der Waals surface area contributed by atoms with Crippen molar-refractivity contribution >= 4 is 0 Å². The highest BCUT2D eigenvalue weighted by atomic mass is 15.1. The summed E-state index contributed by atoms with van der Waals surface area (Å²) in [6.07, 6.45) is 2.23. The van der Waals surface area contributed by atoms with E-state index in [1.165, 1.54) is 0 Å². The minimum Gasteiger partial charge on any atom is -0.327 e. The van der Waals surface area contributed by atoms with Crippen LogP contribution >= 0.6 is 0 Å². The number of hydrogen-bond donors (Lipinski definition) is 1. The van der Waals surface area contributed by atoms with E-state index < -0.39 is 0 Å². The van der Waals surface area contributed by atoms with Gasteiger partial charge in [-0.15, -0.1) is 0 Å². The summed E-state index contributed by atoms with van der Waals surface area (Å²) in [5.74, 6) is 0.761. The zero-order valence-corrected chi connectivity index (χ0v) is 9.24. The number of piperidine rings is 1. The summed E-state index contributed by atoms with van der Waals surface area (Å²) in [4.78, 5) is 2.38. The molecule has 0 amide bonds. The van der Waals surface area contributed by atoms with Crippen molar-refractivity contribution in [3.8, 4) is 6.07 Å². The minimum atomic E-state index is 0.141. The Balaban J connectivity index is 2.39. The van der Waals surface area contributed by atoms with E-state index in [4.69, 9.17) is 11.0 Å². The van der Waals surface area contributed by atoms with Gasteiger partial charge in [0.15, 0.2) is 0 Å². The minimum absolute atomic E-state index is 0.141. The van der Waals surface area contributed by atoms with Crippen LogP contribution in [-0.2, 0) is 0 Å². The maximum absolute atomic E-state index is 8.74. The topological polar surface area (TPSA) is 53.0 Å². The van der Waals surface area contributed by atoms with Gasteiger partial charge in [-0.1, -0.05) is 13.3 Å². The first-order valence-electron chi connectivity index (χ1n) is 5.55. The predicted molar refractivity (Wildman–Crippen MR) is 57.6 cm³/mol. The second-order valence-electron chi connectivity index (χ2n) is 4.41. The smallest absolute Gasteiger partial charge is 0.0666 e. The molecule has 80 valence electrons. The monoisotopic (exact) mass is 195 g/mol. The molecule has 0 radical (unpaired) electrons. The molecule has 0 aromatic rings. The molecular formula is C11H21N3. The zero-order chi connectivity index (χ0) is 10.6. The number of likely N-dealkylation sites (tertiary alicyclic amines) is 1. The van der Waals surface area contributed by atoms with Crippen molar-refractivity contribution < 1.29 is 0 Å². The molecule has 0 saturated carbocycles. The molecule has 14 heavy (non-hydrogen) atoms. The van der Waals surface area contributed by atoms with Gasteiger partial charge in [0, 0.05) is 19.1 Å². The highest BCUT2D eigenvalue weighted by Gasteiger charge is 2.25. The maximum Gasteiger partial charge on any atom is 0.0666 e. The molecule has 0 aromatic heterocycles. The lowest BCUT2D eigenvalue weighted by molar-refractivity contribution is 0.143. The third-order valence-corrected chi connectivity index (χ3v) is 3.15. The Hall–Kier alpha value is -0.590. The fourth-order valence-corrected chi connectivity index (χ4v) is 2.15. The normalized spacial score (nSPS) is 31.0. The van der Waals surface area contributed by atoms with Crippen LogP contribution in [0.15, 0.2) is 0 Å². The molecular weight excluding hydrogens is 174 g/mol. The van der Waals surface area contributed by atoms with Crippen LogP contribution in [0.25, 0.3) is 0 Å². The Labute approximate surface area is 86.9 Å². The van der Waals surface area contributed by atoms with Crippen molar-refractivity contribution in [2.24, 2.45) is 17.6 Å². The highest BCUT2D eigenvalue weighted by Crippen LogP contribution is 2.19. The fraction of sp³-hybridized carbons (Fsp3) is 0.909. The predicted octanol–water partition coefficient (Wildman–Crippen LogP) is 1.21. The summed E-state index contributed by atoms with van der Waals surface area (Å²) < 4.78 is 0. The van der Waals surface area contributed by atoms with E-state index in [1.807, 2.05) is 6.92 Å². The Morgan fingerprint density at radius 3 is 2.93 bits per heavy atom. The molecule has 0 aromatic carbocycles. The van der Waals surface area contributed by atoms with Gasteiger partial charge in [0.25, 0.3) is 0 Å². The van der Waals surface area contributed by atoms with Gasteiger partial charge in [0.1, 0.15) is 0 Å². The number of nitriles is 1. The van der Waals surface area contributed by atoms with E-state index in [1.54, 1.807) is 0 Å². The molecule has 1 rings (SSSR count). The Morgan fingerprint density at radius 1 is 1.64 bits per heavy atom. The molecule has 1 fully saturated rings. The SMILES string of the molecule is CCC1CN(CC(C)C#N)CCC1N. The standard InChI is InChI=1S/C11H21N3/c1-3-10-8-14(5-4-11(10)13)7-9(2)6-12/h9-11H,3-5,7-8,13H2,1-2H3. The summed E-state index contributed by atoms with van der Waals surface area (Å²) in [6, 6.07) is 2.65. The molecule has 1 aliphatic rings. The second kappa shape index (κ2) is 5.33. The molecule has 0 spiro atoms. The Kier molecular flexibility index (Phi) is 4.37. The van der Waals surface area contributed by atoms with Crippen LogP contribution < -0.4 is 5.73 Å². The molecule has 3 atom stereocenters. The van der Waals surface area contributed by atoms with E-state index in [9.17, 15) is 0 Å². The lowest BCUT2D eigenvalue weighted by Crippen LogP contribution is -2.47. The van der Waals surface area contributed by atoms with Gasteiger partial charge >= 0.3 is 0 Å². The van der Waals surface area contributed by atoms with Gasteiger partial charge in [-0.2, -0.15) is 5.26 Å². The average Bonchev–Trinajstić information content (AvgIpc) is 2.20. The lowest BCUT2D eigenvalue weighted by atomic mass is 9.90. The first-order chi connectivity index (χ1) is 6.67. The van der Waals surface area contributed by atoms with Gasteiger partial charge in [0.05, 0.1) is 12.0 Å². The van der Waals surface area contributed by atoms with Crippen molar-refractivity contribution in [3.05, 3.63) is 0 Å². The van der Waals surface area contributed by atoms with E-state index in [2.05, 4.69) is 17.9 Å². The van der Waals surface area contributed by atoms with E-state index in [0.29, 0.717) is 12.0 Å². The van der Waals surface area contributed by atoms with E-state index in [0.717, 1.165) is 32.5 Å². The quantitative estimate of drug-likeness (QED) is 0.736. The van der Waals surface area contributed by atoms with Gasteiger partial charge in [-0.3, -0.25) is 0 Å². The third kappa shape index (κ3) is 2.97. The Bertz CT molecular complexity index is 209. The highest BCUT2D eigenvalue weighted by molar-refractivity contribution is 4.86. The van der Waals surface area contributed by atoms with Crippen molar-refractivity contribution in [2.75, 3.05) is 19.6 Å². The van der Waals surface area contributed by atoms with Crippen molar-refractivity contribution in [2.45, 2.75) is 32.7 Å². The largest absolute Gasteiger partial charge is 0.327 e. The molecule has 1 aliphatic heterocycles. The first-order valence-corrected chi connectivity index (χ1v) is 5.55. The van der Waals surface area contributed by atoms with Gasteiger partial charge in [0.2, 0.25) is 0 Å². The summed E-state index contributed by atoms with van der Waals surface area (Å²) >= 11 is 0. The molecule has 3 heteroatoms. The second-order valence-corrected chi connectivity index (χ2v) is 4.41. The lowest BCUT2D eigenvalue weighted by Gasteiger charge is -2.36. The van der Waals surface area contributed by atoms with Gasteiger partial charge in [-0.25, -0.2) is 0 Å². The van der Waals surface area contributed by atoms with Crippen LogP contribution in [0.3, 0.4) is 0 Å². The number of hydrogen-bond acceptors (Lipinski definition) is 3. The van der Waals surface area contributed by atoms with Crippen LogP contribution in [0.2, 0.25) is 0 Å². The van der Waals surface area contributed by atoms with Crippen molar-refractivity contribution in [1.82, 2.24) is 4.90 Å². The van der Waals surface area contributed by atoms with Gasteiger partial charge < -0.3 is 10.6 Å². The van der Waals surface area contributed by atoms with Crippen molar-refractivity contribution in [1.29, 1.82) is 5.26 Å². The average molecular weight is 195 g/mol.